The molecule has 0 saturated carbocycles. The number of rotatable bonds is 5. The second-order valence-corrected chi connectivity index (χ2v) is 7.76. The number of fused-ring (bicyclic) bond motifs is 1. The van der Waals surface area contributed by atoms with Crippen molar-refractivity contribution in [1.29, 1.82) is 0 Å². The number of azo groups is 1. The Morgan fingerprint density at radius 3 is 2.69 bits per heavy atom. The van der Waals surface area contributed by atoms with Crippen LogP contribution in [0.1, 0.15) is 26.3 Å². The number of nitrogens with zero attached hydrogens (tertiary/aromatic N) is 8. The predicted octanol–water partition coefficient (Wildman–Crippen LogP) is 4.24. The lowest BCUT2D eigenvalue weighted by Gasteiger charge is -2.19. The van der Waals surface area contributed by atoms with Crippen LogP contribution in [-0.4, -0.2) is 41.4 Å². The van der Waals surface area contributed by atoms with Crippen molar-refractivity contribution in [2.45, 2.75) is 32.9 Å². The van der Waals surface area contributed by atoms with Crippen molar-refractivity contribution in [2.24, 2.45) is 10.2 Å². The van der Waals surface area contributed by atoms with Gasteiger partial charge in [-0.25, -0.2) is 24.7 Å². The lowest BCUT2D eigenvalue weighted by Crippen LogP contribution is -2.27. The Morgan fingerprint density at radius 2 is 1.97 bits per heavy atom. The maximum atomic E-state index is 11.8. The van der Waals surface area contributed by atoms with Gasteiger partial charge < -0.3 is 4.74 Å². The molecule has 0 spiro atoms. The monoisotopic (exact) mass is 431 g/mol. The lowest BCUT2D eigenvalue weighted by atomic mass is 10.2. The molecule has 0 radical (unpaired) electrons. The zero-order valence-corrected chi connectivity index (χ0v) is 17.8. The summed E-state index contributed by atoms with van der Waals surface area (Å²) < 4.78 is 6.83. The maximum Gasteiger partial charge on any atom is 0.413 e. The molecule has 0 aliphatic heterocycles. The smallest absolute Gasteiger partial charge is 0.413 e. The molecule has 0 unspecified atom stereocenters. The zero-order chi connectivity index (χ0) is 22.6. The number of amides is 1. The molecular formula is C21H21N9O2. The first-order chi connectivity index (χ1) is 15.4. The van der Waals surface area contributed by atoms with Gasteiger partial charge in [-0.2, -0.15) is 14.9 Å². The number of pyridine rings is 2. The molecule has 1 amide bonds. The summed E-state index contributed by atoms with van der Waals surface area (Å²) in [5, 5.41) is 16.0. The first-order valence-corrected chi connectivity index (χ1v) is 9.82. The number of carbonyl (C=O) groups is 1. The number of aromatic nitrogens is 6. The summed E-state index contributed by atoms with van der Waals surface area (Å²) in [6.07, 6.45) is 5.79. The van der Waals surface area contributed by atoms with Gasteiger partial charge in [0.2, 0.25) is 0 Å². The Morgan fingerprint density at radius 1 is 1.09 bits per heavy atom. The van der Waals surface area contributed by atoms with E-state index in [4.69, 9.17) is 4.74 Å². The molecule has 4 aromatic rings. The molecule has 4 rings (SSSR count). The van der Waals surface area contributed by atoms with Crippen molar-refractivity contribution in [3.63, 3.8) is 0 Å². The molecule has 0 aliphatic carbocycles. The van der Waals surface area contributed by atoms with E-state index in [0.717, 1.165) is 5.56 Å². The van der Waals surface area contributed by atoms with E-state index in [9.17, 15) is 4.79 Å². The van der Waals surface area contributed by atoms with Crippen molar-refractivity contribution in [2.75, 3.05) is 5.32 Å². The Labute approximate surface area is 183 Å². The summed E-state index contributed by atoms with van der Waals surface area (Å²) in [5.74, 6) is 1.45. The lowest BCUT2D eigenvalue weighted by molar-refractivity contribution is 0.0635. The number of nitrogens with one attached hydrogen (secondary N) is 1. The Bertz CT molecular complexity index is 1250. The topological polar surface area (TPSA) is 132 Å². The van der Waals surface area contributed by atoms with Gasteiger partial charge >= 0.3 is 6.09 Å². The van der Waals surface area contributed by atoms with Gasteiger partial charge in [-0.15, -0.1) is 5.11 Å². The van der Waals surface area contributed by atoms with Crippen LogP contribution in [0.5, 0.6) is 0 Å². The van der Waals surface area contributed by atoms with E-state index in [2.05, 4.69) is 40.6 Å². The van der Waals surface area contributed by atoms with Gasteiger partial charge in [0.05, 0.1) is 18.1 Å². The molecule has 0 aromatic carbocycles. The van der Waals surface area contributed by atoms with Crippen LogP contribution in [0.3, 0.4) is 0 Å². The van der Waals surface area contributed by atoms with Crippen LogP contribution in [0.4, 0.5) is 16.4 Å². The number of ether oxygens (including phenoxy) is 1. The minimum atomic E-state index is -0.578. The summed E-state index contributed by atoms with van der Waals surface area (Å²) in [6.45, 7) is 5.68. The van der Waals surface area contributed by atoms with E-state index in [1.54, 1.807) is 56.2 Å². The van der Waals surface area contributed by atoms with Crippen molar-refractivity contribution in [1.82, 2.24) is 29.7 Å². The van der Waals surface area contributed by atoms with Crippen LogP contribution in [-0.2, 0) is 11.3 Å². The highest BCUT2D eigenvalue weighted by molar-refractivity contribution is 5.85. The highest BCUT2D eigenvalue weighted by Gasteiger charge is 2.16. The SMILES string of the molecule is CC(C)(C)OC(=O)Nc1ccc(CN=Nc2ncnc3c2cnn3-c2ccccn2)cn1. The van der Waals surface area contributed by atoms with Gasteiger partial charge in [-0.1, -0.05) is 12.1 Å². The molecule has 0 atom stereocenters. The Balaban J connectivity index is 1.43. The summed E-state index contributed by atoms with van der Waals surface area (Å²) in [4.78, 5) is 28.8. The van der Waals surface area contributed by atoms with E-state index in [1.807, 2.05) is 18.2 Å². The molecule has 11 nitrogen and oxygen atoms in total. The predicted molar refractivity (Wildman–Crippen MR) is 117 cm³/mol. The summed E-state index contributed by atoms with van der Waals surface area (Å²) >= 11 is 0. The van der Waals surface area contributed by atoms with Crippen LogP contribution in [0.2, 0.25) is 0 Å². The molecule has 32 heavy (non-hydrogen) atoms. The van der Waals surface area contributed by atoms with Crippen LogP contribution in [0, 0.1) is 0 Å². The van der Waals surface area contributed by atoms with E-state index in [0.29, 0.717) is 35.0 Å². The third-order valence-electron chi connectivity index (χ3n) is 4.08. The third kappa shape index (κ3) is 5.06. The van der Waals surface area contributed by atoms with Gasteiger partial charge in [-0.3, -0.25) is 5.32 Å². The summed E-state index contributed by atoms with van der Waals surface area (Å²) in [7, 11) is 0. The molecular weight excluding hydrogens is 410 g/mol. The molecule has 0 fully saturated rings. The van der Waals surface area contributed by atoms with Gasteiger partial charge in [0.1, 0.15) is 17.7 Å². The highest BCUT2D eigenvalue weighted by atomic mass is 16.6. The zero-order valence-electron chi connectivity index (χ0n) is 17.8. The minimum Gasteiger partial charge on any atom is -0.444 e. The molecule has 1 N–H and O–H groups in total. The Hall–Kier alpha value is -4.28. The van der Waals surface area contributed by atoms with Gasteiger partial charge in [0.15, 0.2) is 17.3 Å². The average molecular weight is 431 g/mol. The Kier molecular flexibility index (Phi) is 5.79. The van der Waals surface area contributed by atoms with Crippen LogP contribution in [0.25, 0.3) is 16.9 Å². The second kappa shape index (κ2) is 8.84. The average Bonchev–Trinajstić information content (AvgIpc) is 3.19. The van der Waals surface area contributed by atoms with Crippen molar-refractivity contribution < 1.29 is 9.53 Å². The third-order valence-corrected chi connectivity index (χ3v) is 4.08. The highest BCUT2D eigenvalue weighted by Crippen LogP contribution is 2.23. The largest absolute Gasteiger partial charge is 0.444 e. The molecule has 0 saturated heterocycles. The van der Waals surface area contributed by atoms with E-state index >= 15 is 0 Å². The van der Waals surface area contributed by atoms with E-state index in [-0.39, 0.29) is 0 Å². The summed E-state index contributed by atoms with van der Waals surface area (Å²) in [6, 6.07) is 9.02. The minimum absolute atomic E-state index is 0.291. The molecule has 0 aliphatic rings. The fraction of sp³-hybridized carbons (Fsp3) is 0.238. The molecule has 162 valence electrons. The number of hydrogen-bond acceptors (Lipinski definition) is 9. The first kappa shape index (κ1) is 21.0. The normalized spacial score (nSPS) is 11.7. The fourth-order valence-corrected chi connectivity index (χ4v) is 2.74. The van der Waals surface area contributed by atoms with E-state index in [1.165, 1.54) is 6.33 Å². The van der Waals surface area contributed by atoms with Crippen LogP contribution >= 0.6 is 0 Å². The van der Waals surface area contributed by atoms with Crippen molar-refractivity contribution in [3.8, 4) is 5.82 Å². The first-order valence-electron chi connectivity index (χ1n) is 9.82. The number of carbonyl (C=O) groups excluding carboxylic acids is 1. The van der Waals surface area contributed by atoms with E-state index < -0.39 is 11.7 Å². The van der Waals surface area contributed by atoms with Gasteiger partial charge in [0, 0.05) is 12.4 Å². The molecule has 4 heterocycles. The van der Waals surface area contributed by atoms with Gasteiger partial charge in [-0.05, 0) is 44.5 Å². The fourth-order valence-electron chi connectivity index (χ4n) is 2.74. The van der Waals surface area contributed by atoms with Crippen LogP contribution in [0.15, 0.2) is 65.5 Å². The summed E-state index contributed by atoms with van der Waals surface area (Å²) in [5.41, 5.74) is 0.829. The van der Waals surface area contributed by atoms with Crippen molar-refractivity contribution >= 4 is 28.8 Å². The standard InChI is InChI=1S/C21H21N9O2/c1-21(2,3)32-20(31)28-16-8-7-14(10-23-16)11-26-29-18-15-12-27-30(19(15)25-13-24-18)17-6-4-5-9-22-17/h4-10,12-13H,11H2,1-3H3,(H,23,28,31). The van der Waals surface area contributed by atoms with Crippen molar-refractivity contribution in [3.05, 3.63) is 60.8 Å². The maximum absolute atomic E-state index is 11.8. The van der Waals surface area contributed by atoms with Crippen LogP contribution < -0.4 is 5.32 Å². The number of anilines is 1. The molecule has 4 aromatic heterocycles. The van der Waals surface area contributed by atoms with Gasteiger partial charge in [0.25, 0.3) is 0 Å². The second-order valence-electron chi connectivity index (χ2n) is 7.76. The quantitative estimate of drug-likeness (QED) is 0.467. The molecule has 0 bridgehead atoms. The number of hydrogen-bond donors (Lipinski definition) is 1. The molecule has 11 heteroatoms.